The van der Waals surface area contributed by atoms with Crippen LogP contribution in [0.5, 0.6) is 0 Å². The lowest BCUT2D eigenvalue weighted by atomic mass is 9.94. The summed E-state index contributed by atoms with van der Waals surface area (Å²) < 4.78 is 21.9. The molecule has 4 heterocycles. The zero-order valence-corrected chi connectivity index (χ0v) is 23.9. The predicted molar refractivity (Wildman–Crippen MR) is 162 cm³/mol. The average molecular weight is 560 g/mol. The van der Waals surface area contributed by atoms with Crippen molar-refractivity contribution in [3.05, 3.63) is 58.8 Å². The minimum Gasteiger partial charge on any atom is -0.379 e. The molecule has 4 unspecified atom stereocenters. The van der Waals surface area contributed by atoms with E-state index in [2.05, 4.69) is 44.4 Å². The second kappa shape index (κ2) is 11.7. The molecule has 0 spiro atoms. The standard InChI is InChI=1S/C33H42FN5O2/c34-29-20-25-22-35-32(21-31(25)39(33(29)40)30-19-23-6-7-24(30)18-23)36-26-8-10-28(11-9-26)38-13-2-1-4-27(38)5-3-12-37-14-16-41-17-15-37/h8-11,20-24,27,30H,1-7,12-19H2,(H,35,36). The smallest absolute Gasteiger partial charge is 0.287 e. The molecule has 2 aromatic heterocycles. The monoisotopic (exact) mass is 559 g/mol. The number of fused-ring (bicyclic) bond motifs is 3. The maximum Gasteiger partial charge on any atom is 0.287 e. The Hall–Kier alpha value is -2.97. The van der Waals surface area contributed by atoms with Crippen LogP contribution in [0.25, 0.3) is 10.9 Å². The average Bonchev–Trinajstić information content (AvgIpc) is 3.64. The minimum absolute atomic E-state index is 0.0836. The van der Waals surface area contributed by atoms with Gasteiger partial charge in [0.2, 0.25) is 0 Å². The van der Waals surface area contributed by atoms with Gasteiger partial charge < -0.3 is 19.5 Å². The Morgan fingerprint density at radius 2 is 1.85 bits per heavy atom. The Bertz CT molecular complexity index is 1420. The number of hydrogen-bond acceptors (Lipinski definition) is 6. The van der Waals surface area contributed by atoms with Crippen LogP contribution in [0.3, 0.4) is 0 Å². The van der Waals surface area contributed by atoms with Gasteiger partial charge >= 0.3 is 0 Å². The van der Waals surface area contributed by atoms with E-state index < -0.39 is 11.4 Å². The molecule has 2 aliphatic carbocycles. The minimum atomic E-state index is -0.685. The van der Waals surface area contributed by atoms with Gasteiger partial charge in [-0.2, -0.15) is 0 Å². The van der Waals surface area contributed by atoms with E-state index in [4.69, 9.17) is 4.74 Å². The van der Waals surface area contributed by atoms with Gasteiger partial charge in [0, 0.05) is 60.7 Å². The van der Waals surface area contributed by atoms with E-state index in [0.29, 0.717) is 29.1 Å². The van der Waals surface area contributed by atoms with Crippen LogP contribution >= 0.6 is 0 Å². The third-order valence-electron chi connectivity index (χ3n) is 10.1. The molecule has 4 fully saturated rings. The number of morpholine rings is 1. The number of hydrogen-bond donors (Lipinski definition) is 1. The van der Waals surface area contributed by atoms with Crippen LogP contribution in [0.4, 0.5) is 21.6 Å². The van der Waals surface area contributed by atoms with Gasteiger partial charge in [-0.3, -0.25) is 9.69 Å². The SMILES string of the molecule is O=c1c(F)cc2cnc(Nc3ccc(N4CCCCC4CCCN4CCOCC4)cc3)cc2n1C1CC2CCC1C2. The highest BCUT2D eigenvalue weighted by Gasteiger charge is 2.41. The summed E-state index contributed by atoms with van der Waals surface area (Å²) in [5.41, 5.74) is 2.50. The van der Waals surface area contributed by atoms with Gasteiger partial charge in [0.1, 0.15) is 5.82 Å². The van der Waals surface area contributed by atoms with E-state index in [1.165, 1.54) is 50.3 Å². The number of benzene rings is 1. The molecule has 1 N–H and O–H groups in total. The lowest BCUT2D eigenvalue weighted by Gasteiger charge is -2.38. The Morgan fingerprint density at radius 3 is 2.63 bits per heavy atom. The summed E-state index contributed by atoms with van der Waals surface area (Å²) in [5, 5.41) is 4.12. The number of pyridine rings is 2. The molecule has 7 nitrogen and oxygen atoms in total. The van der Waals surface area contributed by atoms with Crippen molar-refractivity contribution in [3.8, 4) is 0 Å². The van der Waals surface area contributed by atoms with E-state index in [1.807, 2.05) is 6.07 Å². The van der Waals surface area contributed by atoms with Crippen LogP contribution in [0.1, 0.15) is 63.8 Å². The number of halogens is 1. The van der Waals surface area contributed by atoms with Crippen molar-refractivity contribution in [3.63, 3.8) is 0 Å². The Balaban J connectivity index is 1.06. The van der Waals surface area contributed by atoms with Crippen LogP contribution in [0.15, 0.2) is 47.4 Å². The van der Waals surface area contributed by atoms with Crippen LogP contribution in [0.2, 0.25) is 0 Å². The van der Waals surface area contributed by atoms with E-state index in [-0.39, 0.29) is 6.04 Å². The van der Waals surface area contributed by atoms with Crippen molar-refractivity contribution >= 4 is 28.1 Å². The van der Waals surface area contributed by atoms with Gasteiger partial charge in [-0.15, -0.1) is 0 Å². The van der Waals surface area contributed by atoms with Crippen LogP contribution in [-0.2, 0) is 4.74 Å². The van der Waals surface area contributed by atoms with Gasteiger partial charge in [0.15, 0.2) is 5.82 Å². The van der Waals surface area contributed by atoms with Crippen molar-refractivity contribution in [2.45, 2.75) is 69.9 Å². The molecule has 7 rings (SSSR count). The molecule has 2 saturated carbocycles. The summed E-state index contributed by atoms with van der Waals surface area (Å²) in [7, 11) is 0. The van der Waals surface area contributed by atoms with Crippen molar-refractivity contribution in [1.29, 1.82) is 0 Å². The quantitative estimate of drug-likeness (QED) is 0.359. The molecule has 8 heteroatoms. The molecule has 1 aromatic carbocycles. The summed E-state index contributed by atoms with van der Waals surface area (Å²) >= 11 is 0. The predicted octanol–water partition coefficient (Wildman–Crippen LogP) is 6.11. The Kier molecular flexibility index (Phi) is 7.69. The highest BCUT2D eigenvalue weighted by molar-refractivity contribution is 5.81. The fourth-order valence-electron chi connectivity index (χ4n) is 8.02. The zero-order valence-electron chi connectivity index (χ0n) is 23.9. The Labute approximate surface area is 241 Å². The summed E-state index contributed by atoms with van der Waals surface area (Å²) in [6.07, 6.45) is 12.4. The molecule has 4 aliphatic rings. The van der Waals surface area contributed by atoms with Crippen molar-refractivity contribution in [2.24, 2.45) is 11.8 Å². The molecule has 3 aromatic rings. The molecule has 0 amide bonds. The maximum atomic E-state index is 14.6. The molecular weight excluding hydrogens is 517 g/mol. The lowest BCUT2D eigenvalue weighted by molar-refractivity contribution is 0.0369. The second-order valence-corrected chi connectivity index (χ2v) is 12.6. The third kappa shape index (κ3) is 5.61. The first-order chi connectivity index (χ1) is 20.1. The van der Waals surface area contributed by atoms with Crippen LogP contribution in [0, 0.1) is 17.7 Å². The van der Waals surface area contributed by atoms with E-state index in [0.717, 1.165) is 69.9 Å². The summed E-state index contributed by atoms with van der Waals surface area (Å²) in [4.78, 5) is 22.7. The molecule has 2 saturated heterocycles. The Morgan fingerprint density at radius 1 is 1.00 bits per heavy atom. The topological polar surface area (TPSA) is 62.6 Å². The molecule has 41 heavy (non-hydrogen) atoms. The van der Waals surface area contributed by atoms with Gasteiger partial charge in [0.05, 0.1) is 18.7 Å². The normalized spacial score (nSPS) is 26.6. The van der Waals surface area contributed by atoms with Crippen molar-refractivity contribution < 1.29 is 9.13 Å². The second-order valence-electron chi connectivity index (χ2n) is 12.6. The maximum absolute atomic E-state index is 14.6. The summed E-state index contributed by atoms with van der Waals surface area (Å²) in [5.74, 6) is 1.12. The van der Waals surface area contributed by atoms with Crippen LogP contribution < -0.4 is 15.8 Å². The number of rotatable bonds is 8. The number of nitrogens with zero attached hydrogens (tertiary/aromatic N) is 4. The molecule has 0 radical (unpaired) electrons. The zero-order chi connectivity index (χ0) is 27.8. The molecular formula is C33H42FN5O2. The number of nitrogens with one attached hydrogen (secondary N) is 1. The highest BCUT2D eigenvalue weighted by atomic mass is 19.1. The van der Waals surface area contributed by atoms with Crippen molar-refractivity contribution in [2.75, 3.05) is 49.6 Å². The largest absolute Gasteiger partial charge is 0.379 e. The molecule has 2 aliphatic heterocycles. The van der Waals surface area contributed by atoms with Gasteiger partial charge in [0.25, 0.3) is 5.56 Å². The molecule has 2 bridgehead atoms. The fourth-order valence-corrected chi connectivity index (χ4v) is 8.02. The van der Waals surface area contributed by atoms with E-state index in [9.17, 15) is 9.18 Å². The summed E-state index contributed by atoms with van der Waals surface area (Å²) in [6, 6.07) is 12.6. The lowest BCUT2D eigenvalue weighted by Crippen LogP contribution is -2.41. The first-order valence-electron chi connectivity index (χ1n) is 15.8. The van der Waals surface area contributed by atoms with Crippen LogP contribution in [-0.4, -0.2) is 59.9 Å². The van der Waals surface area contributed by atoms with Gasteiger partial charge in [-0.1, -0.05) is 6.42 Å². The number of ether oxygens (including phenoxy) is 1. The first kappa shape index (κ1) is 26.9. The van der Waals surface area contributed by atoms with Gasteiger partial charge in [-0.05, 0) is 100 Å². The number of anilines is 3. The van der Waals surface area contributed by atoms with E-state index in [1.54, 1.807) is 10.8 Å². The molecule has 4 atom stereocenters. The first-order valence-corrected chi connectivity index (χ1v) is 15.8. The number of aromatic nitrogens is 2. The summed E-state index contributed by atoms with van der Waals surface area (Å²) in [6.45, 7) is 6.13. The van der Waals surface area contributed by atoms with E-state index >= 15 is 0 Å². The highest BCUT2D eigenvalue weighted by Crippen LogP contribution is 2.51. The van der Waals surface area contributed by atoms with Crippen molar-refractivity contribution in [1.82, 2.24) is 14.5 Å². The fraction of sp³-hybridized carbons (Fsp3) is 0.576. The van der Waals surface area contributed by atoms with Gasteiger partial charge in [-0.25, -0.2) is 9.37 Å². The molecule has 218 valence electrons. The number of piperidine rings is 1. The third-order valence-corrected chi connectivity index (χ3v) is 10.1.